The van der Waals surface area contributed by atoms with Crippen LogP contribution in [-0.4, -0.2) is 34.3 Å². The number of nitrogens with zero attached hydrogens (tertiary/aromatic N) is 6. The number of fused-ring (bicyclic) bond motifs is 5. The van der Waals surface area contributed by atoms with Gasteiger partial charge in [0.05, 0.1) is 22.5 Å². The van der Waals surface area contributed by atoms with E-state index < -0.39 is 0 Å². The molecule has 0 aliphatic rings. The van der Waals surface area contributed by atoms with E-state index in [0.717, 1.165) is 11.0 Å². The van der Waals surface area contributed by atoms with Gasteiger partial charge in [-0.2, -0.15) is 19.7 Å². The Morgan fingerprint density at radius 3 is 2.95 bits per heavy atom. The van der Waals surface area contributed by atoms with Gasteiger partial charge >= 0.3 is 0 Å². The van der Waals surface area contributed by atoms with Crippen LogP contribution >= 0.6 is 0 Å². The van der Waals surface area contributed by atoms with Crippen molar-refractivity contribution in [2.75, 3.05) is 0 Å². The number of nitrogens with one attached hydrogen (secondary N) is 1. The number of aromatic amines is 1. The Kier molecular flexibility index (Phi) is 1.81. The number of pyridine rings is 1. The van der Waals surface area contributed by atoms with Gasteiger partial charge in [0.1, 0.15) is 6.33 Å². The van der Waals surface area contributed by atoms with Crippen LogP contribution in [0, 0.1) is 0 Å². The summed E-state index contributed by atoms with van der Waals surface area (Å²) in [6.45, 7) is 2.70. The zero-order valence-corrected chi connectivity index (χ0v) is 10.0. The third-order valence-corrected chi connectivity index (χ3v) is 3.17. The standard InChI is InChI=1S/C11H9N7O/c1-2-17-9-6(4-14-17)8-7(3-12-9)10(19)16-11-13-5-15-18(8)11/h3-5H,2H2,1H3,(H,13,15,16,19). The van der Waals surface area contributed by atoms with Gasteiger partial charge in [0.15, 0.2) is 5.65 Å². The molecule has 0 bridgehead atoms. The van der Waals surface area contributed by atoms with E-state index in [4.69, 9.17) is 0 Å². The number of aromatic nitrogens is 7. The van der Waals surface area contributed by atoms with Crippen LogP contribution < -0.4 is 5.56 Å². The first-order chi connectivity index (χ1) is 9.29. The summed E-state index contributed by atoms with van der Waals surface area (Å²) in [5.41, 5.74) is 1.19. The second kappa shape index (κ2) is 3.37. The number of H-pyrrole nitrogens is 1. The molecule has 0 aromatic carbocycles. The average molecular weight is 255 g/mol. The maximum atomic E-state index is 12.0. The van der Waals surface area contributed by atoms with Gasteiger partial charge < -0.3 is 0 Å². The van der Waals surface area contributed by atoms with Crippen molar-refractivity contribution in [3.8, 4) is 0 Å². The average Bonchev–Trinajstić information content (AvgIpc) is 3.03. The predicted molar refractivity (Wildman–Crippen MR) is 67.9 cm³/mol. The fourth-order valence-electron chi connectivity index (χ4n) is 2.30. The van der Waals surface area contributed by atoms with E-state index in [-0.39, 0.29) is 5.56 Å². The van der Waals surface area contributed by atoms with Crippen LogP contribution in [0.3, 0.4) is 0 Å². The molecule has 19 heavy (non-hydrogen) atoms. The maximum Gasteiger partial charge on any atom is 0.261 e. The van der Waals surface area contributed by atoms with Gasteiger partial charge in [0, 0.05) is 12.7 Å². The molecule has 0 unspecified atom stereocenters. The summed E-state index contributed by atoms with van der Waals surface area (Å²) in [6, 6.07) is 0. The lowest BCUT2D eigenvalue weighted by atomic mass is 10.2. The smallest absolute Gasteiger partial charge is 0.261 e. The van der Waals surface area contributed by atoms with Crippen molar-refractivity contribution >= 4 is 27.7 Å². The molecule has 0 saturated carbocycles. The first kappa shape index (κ1) is 10.2. The van der Waals surface area contributed by atoms with Crippen molar-refractivity contribution in [2.24, 2.45) is 0 Å². The van der Waals surface area contributed by atoms with E-state index in [1.54, 1.807) is 21.6 Å². The lowest BCUT2D eigenvalue weighted by molar-refractivity contribution is 0.677. The highest BCUT2D eigenvalue weighted by Crippen LogP contribution is 2.20. The van der Waals surface area contributed by atoms with E-state index >= 15 is 0 Å². The van der Waals surface area contributed by atoms with Gasteiger partial charge in [-0.15, -0.1) is 0 Å². The molecule has 0 radical (unpaired) electrons. The molecule has 4 aromatic rings. The van der Waals surface area contributed by atoms with Crippen LogP contribution in [0.25, 0.3) is 27.7 Å². The Balaban J connectivity index is 2.37. The van der Waals surface area contributed by atoms with Gasteiger partial charge in [-0.1, -0.05) is 0 Å². The van der Waals surface area contributed by atoms with Crippen molar-refractivity contribution in [2.45, 2.75) is 13.5 Å². The molecule has 8 heteroatoms. The quantitative estimate of drug-likeness (QED) is 0.529. The van der Waals surface area contributed by atoms with E-state index in [1.165, 1.54) is 6.33 Å². The van der Waals surface area contributed by atoms with Crippen LogP contribution in [-0.2, 0) is 6.54 Å². The highest BCUT2D eigenvalue weighted by molar-refractivity contribution is 6.01. The van der Waals surface area contributed by atoms with Crippen LogP contribution in [0.4, 0.5) is 0 Å². The highest BCUT2D eigenvalue weighted by atomic mass is 16.1. The second-order valence-electron chi connectivity index (χ2n) is 4.17. The first-order valence-corrected chi connectivity index (χ1v) is 5.86. The molecule has 0 aliphatic heterocycles. The molecule has 0 spiro atoms. The van der Waals surface area contributed by atoms with Crippen LogP contribution in [0.2, 0.25) is 0 Å². The highest BCUT2D eigenvalue weighted by Gasteiger charge is 2.13. The Morgan fingerprint density at radius 1 is 1.21 bits per heavy atom. The summed E-state index contributed by atoms with van der Waals surface area (Å²) < 4.78 is 3.38. The number of rotatable bonds is 1. The summed E-state index contributed by atoms with van der Waals surface area (Å²) >= 11 is 0. The molecule has 4 rings (SSSR count). The number of hydrogen-bond donors (Lipinski definition) is 1. The van der Waals surface area contributed by atoms with Crippen LogP contribution in [0.15, 0.2) is 23.5 Å². The zero-order chi connectivity index (χ0) is 13.0. The molecule has 0 aliphatic carbocycles. The minimum Gasteiger partial charge on any atom is -0.290 e. The normalized spacial score (nSPS) is 11.8. The molecule has 0 saturated heterocycles. The topological polar surface area (TPSA) is 93.8 Å². The number of hydrogen-bond acceptors (Lipinski definition) is 5. The minimum atomic E-state index is -0.228. The molecule has 1 N–H and O–H groups in total. The molecular weight excluding hydrogens is 246 g/mol. The number of aryl methyl sites for hydroxylation is 1. The van der Waals surface area contributed by atoms with Gasteiger partial charge in [-0.25, -0.2) is 9.67 Å². The summed E-state index contributed by atoms with van der Waals surface area (Å²) in [4.78, 5) is 23.0. The fraction of sp³-hybridized carbons (Fsp3) is 0.182. The fourth-order valence-corrected chi connectivity index (χ4v) is 2.30. The van der Waals surface area contributed by atoms with Gasteiger partial charge in [0.25, 0.3) is 5.56 Å². The summed E-state index contributed by atoms with van der Waals surface area (Å²) in [5, 5.41) is 9.67. The van der Waals surface area contributed by atoms with Gasteiger partial charge in [-0.3, -0.25) is 9.78 Å². The molecule has 8 nitrogen and oxygen atoms in total. The van der Waals surface area contributed by atoms with Crippen molar-refractivity contribution in [3.05, 3.63) is 29.1 Å². The largest absolute Gasteiger partial charge is 0.290 e. The Bertz CT molecular complexity index is 977. The van der Waals surface area contributed by atoms with E-state index in [0.29, 0.717) is 23.2 Å². The van der Waals surface area contributed by atoms with Gasteiger partial charge in [-0.05, 0) is 6.92 Å². The maximum absolute atomic E-state index is 12.0. The lowest BCUT2D eigenvalue weighted by Crippen LogP contribution is -2.11. The lowest BCUT2D eigenvalue weighted by Gasteiger charge is -2.02. The predicted octanol–water partition coefficient (Wildman–Crippen LogP) is 0.335. The molecule has 4 aromatic heterocycles. The summed E-state index contributed by atoms with van der Waals surface area (Å²) in [7, 11) is 0. The molecular formula is C11H9N7O. The molecule has 0 fully saturated rings. The third-order valence-electron chi connectivity index (χ3n) is 3.17. The van der Waals surface area contributed by atoms with Gasteiger partial charge in [0.2, 0.25) is 5.78 Å². The van der Waals surface area contributed by atoms with Crippen LogP contribution in [0.1, 0.15) is 6.92 Å². The first-order valence-electron chi connectivity index (χ1n) is 5.86. The molecule has 94 valence electrons. The second-order valence-corrected chi connectivity index (χ2v) is 4.17. The van der Waals surface area contributed by atoms with Crippen molar-refractivity contribution in [1.29, 1.82) is 0 Å². The Hall–Kier alpha value is -2.77. The Labute approximate surface area is 105 Å². The van der Waals surface area contributed by atoms with Crippen molar-refractivity contribution < 1.29 is 0 Å². The zero-order valence-electron chi connectivity index (χ0n) is 10.0. The monoisotopic (exact) mass is 255 g/mol. The molecule has 0 amide bonds. The molecule has 4 heterocycles. The third kappa shape index (κ3) is 1.20. The summed E-state index contributed by atoms with van der Waals surface area (Å²) in [5.74, 6) is 0.411. The Morgan fingerprint density at radius 2 is 2.11 bits per heavy atom. The molecule has 0 atom stereocenters. The van der Waals surface area contributed by atoms with E-state index in [9.17, 15) is 4.79 Å². The van der Waals surface area contributed by atoms with E-state index in [2.05, 4.69) is 25.1 Å². The van der Waals surface area contributed by atoms with Crippen LogP contribution in [0.5, 0.6) is 0 Å². The SMILES string of the molecule is CCn1ncc2c1ncc1c(=O)[nH]c3ncnn3c12. The minimum absolute atomic E-state index is 0.228. The summed E-state index contributed by atoms with van der Waals surface area (Å²) in [6.07, 6.45) is 4.65. The van der Waals surface area contributed by atoms with Crippen molar-refractivity contribution in [1.82, 2.24) is 34.3 Å². The van der Waals surface area contributed by atoms with Crippen molar-refractivity contribution in [3.63, 3.8) is 0 Å². The van der Waals surface area contributed by atoms with E-state index in [1.807, 2.05) is 6.92 Å².